The molecular weight excluding hydrogens is 446 g/mol. The minimum Gasteiger partial charge on any atom is -0.479 e. The molecule has 1 atom stereocenters. The fourth-order valence-corrected chi connectivity index (χ4v) is 2.55. The van der Waals surface area contributed by atoms with E-state index in [0.29, 0.717) is 25.6 Å². The van der Waals surface area contributed by atoms with Crippen LogP contribution in [0, 0.1) is 0 Å². The highest BCUT2D eigenvalue weighted by Gasteiger charge is 2.21. The molecule has 11 nitrogen and oxygen atoms in total. The number of alkyl carbamates (subject to hydrolysis) is 1. The first kappa shape index (κ1) is 28.9. The van der Waals surface area contributed by atoms with Crippen LogP contribution in [0.25, 0.3) is 0 Å². The van der Waals surface area contributed by atoms with Gasteiger partial charge in [0.15, 0.2) is 6.10 Å². The number of nitrogens with one attached hydrogen (secondary N) is 3. The van der Waals surface area contributed by atoms with E-state index in [1.165, 1.54) is 13.8 Å². The van der Waals surface area contributed by atoms with Crippen LogP contribution in [0.1, 0.15) is 20.3 Å². The normalized spacial score (nSPS) is 15.0. The van der Waals surface area contributed by atoms with Crippen molar-refractivity contribution < 1.29 is 38.1 Å². The van der Waals surface area contributed by atoms with E-state index in [9.17, 15) is 14.4 Å². The van der Waals surface area contributed by atoms with E-state index in [-0.39, 0.29) is 37.0 Å². The Kier molecular flexibility index (Phi) is 13.3. The van der Waals surface area contributed by atoms with Crippen molar-refractivity contribution in [2.24, 2.45) is 0 Å². The lowest BCUT2D eigenvalue weighted by Crippen LogP contribution is -2.36. The molecule has 0 aromatic heterocycles. The maximum Gasteiger partial charge on any atom is 0.407 e. The molecule has 0 radical (unpaired) electrons. The van der Waals surface area contributed by atoms with Gasteiger partial charge in [-0.15, -0.1) is 0 Å². The van der Waals surface area contributed by atoms with Crippen LogP contribution in [0.3, 0.4) is 0 Å². The standard InChI is InChI=1S/C23H35N3O8/c1-15(2)21(27)30-11-20(12-31-22(28)16(3)4)34-23(29)26-10-17-7-18(32-13-24-5)9-19(8-17)33-14-25-6/h7,9,19-20,24-25H,1,3,8,10-14H2,2,4-6H3,(H,26,29). The molecule has 11 heteroatoms. The molecule has 1 amide bonds. The molecule has 0 saturated heterocycles. The number of rotatable bonds is 15. The largest absolute Gasteiger partial charge is 0.479 e. The van der Waals surface area contributed by atoms with Crippen LogP contribution in [0.4, 0.5) is 4.79 Å². The maximum absolute atomic E-state index is 12.4. The molecule has 3 N–H and O–H groups in total. The van der Waals surface area contributed by atoms with Gasteiger partial charge in [0.2, 0.25) is 0 Å². The van der Waals surface area contributed by atoms with Crippen molar-refractivity contribution in [3.05, 3.63) is 47.8 Å². The van der Waals surface area contributed by atoms with E-state index < -0.39 is 24.1 Å². The number of amides is 1. The molecule has 0 heterocycles. The van der Waals surface area contributed by atoms with Gasteiger partial charge in [-0.05, 0) is 45.7 Å². The SMILES string of the molecule is C=C(C)C(=O)OCC(COC(=O)C(=C)C)OC(=O)NCC1=CC(OCNC)=CC(OCNC)C1. The first-order chi connectivity index (χ1) is 16.2. The highest BCUT2D eigenvalue weighted by Crippen LogP contribution is 2.20. The van der Waals surface area contributed by atoms with Crippen molar-refractivity contribution in [1.82, 2.24) is 16.0 Å². The second-order valence-corrected chi connectivity index (χ2v) is 7.56. The Labute approximate surface area is 200 Å². The van der Waals surface area contributed by atoms with Crippen molar-refractivity contribution in [2.75, 3.05) is 47.3 Å². The zero-order valence-electron chi connectivity index (χ0n) is 20.2. The number of hydrogen-bond donors (Lipinski definition) is 3. The number of ether oxygens (including phenoxy) is 5. The Hall–Kier alpha value is -3.15. The number of esters is 2. The summed E-state index contributed by atoms with van der Waals surface area (Å²) in [6.07, 6.45) is 2.20. The quantitative estimate of drug-likeness (QED) is 0.136. The van der Waals surface area contributed by atoms with Crippen LogP contribution < -0.4 is 16.0 Å². The molecule has 1 unspecified atom stereocenters. The van der Waals surface area contributed by atoms with Crippen LogP contribution in [0.2, 0.25) is 0 Å². The third-order valence-corrected chi connectivity index (χ3v) is 4.22. The van der Waals surface area contributed by atoms with Crippen molar-refractivity contribution in [2.45, 2.75) is 32.5 Å². The number of carbonyl (C=O) groups excluding carboxylic acids is 3. The lowest BCUT2D eigenvalue weighted by Gasteiger charge is -2.23. The Balaban J connectivity index is 2.70. The van der Waals surface area contributed by atoms with Gasteiger partial charge in [0.1, 0.15) is 25.7 Å². The molecule has 0 saturated carbocycles. The molecule has 0 aromatic rings. The number of carbonyl (C=O) groups is 3. The van der Waals surface area contributed by atoms with E-state index in [1.807, 2.05) is 12.2 Å². The average molecular weight is 482 g/mol. The maximum atomic E-state index is 12.4. The summed E-state index contributed by atoms with van der Waals surface area (Å²) in [5.41, 5.74) is 1.22. The topological polar surface area (TPSA) is 133 Å². The molecular formula is C23H35N3O8. The van der Waals surface area contributed by atoms with Gasteiger partial charge in [-0.3, -0.25) is 10.6 Å². The number of hydrogen-bond acceptors (Lipinski definition) is 10. The minimum atomic E-state index is -1.02. The summed E-state index contributed by atoms with van der Waals surface area (Å²) in [7, 11) is 3.54. The summed E-state index contributed by atoms with van der Waals surface area (Å²) >= 11 is 0. The van der Waals surface area contributed by atoms with Gasteiger partial charge in [-0.1, -0.05) is 13.2 Å². The molecule has 1 rings (SSSR count). The van der Waals surface area contributed by atoms with Crippen LogP contribution in [-0.2, 0) is 33.3 Å². The molecule has 0 bridgehead atoms. The van der Waals surface area contributed by atoms with Crippen LogP contribution >= 0.6 is 0 Å². The van der Waals surface area contributed by atoms with Crippen molar-refractivity contribution in [3.63, 3.8) is 0 Å². The zero-order chi connectivity index (χ0) is 25.5. The molecule has 1 aliphatic rings. The van der Waals surface area contributed by atoms with Gasteiger partial charge in [-0.25, -0.2) is 14.4 Å². The van der Waals surface area contributed by atoms with E-state index in [0.717, 1.165) is 5.57 Å². The summed E-state index contributed by atoms with van der Waals surface area (Å²) in [6.45, 7) is 10.2. The van der Waals surface area contributed by atoms with Crippen molar-refractivity contribution >= 4 is 18.0 Å². The van der Waals surface area contributed by atoms with Gasteiger partial charge in [0, 0.05) is 24.1 Å². The molecule has 0 aliphatic heterocycles. The minimum absolute atomic E-state index is 0.169. The van der Waals surface area contributed by atoms with Crippen LogP contribution in [-0.4, -0.2) is 77.6 Å². The lowest BCUT2D eigenvalue weighted by molar-refractivity contribution is -0.147. The van der Waals surface area contributed by atoms with Gasteiger partial charge in [0.25, 0.3) is 0 Å². The highest BCUT2D eigenvalue weighted by atomic mass is 16.6. The molecule has 0 fully saturated rings. The smallest absolute Gasteiger partial charge is 0.407 e. The second-order valence-electron chi connectivity index (χ2n) is 7.56. The van der Waals surface area contributed by atoms with Crippen molar-refractivity contribution in [1.29, 1.82) is 0 Å². The predicted octanol–water partition coefficient (Wildman–Crippen LogP) is 1.29. The molecule has 34 heavy (non-hydrogen) atoms. The summed E-state index contributed by atoms with van der Waals surface area (Å²) in [5, 5.41) is 8.45. The molecule has 190 valence electrons. The third-order valence-electron chi connectivity index (χ3n) is 4.22. The predicted molar refractivity (Wildman–Crippen MR) is 124 cm³/mol. The van der Waals surface area contributed by atoms with E-state index in [4.69, 9.17) is 23.7 Å². The van der Waals surface area contributed by atoms with E-state index >= 15 is 0 Å². The monoisotopic (exact) mass is 481 g/mol. The molecule has 0 aromatic carbocycles. The van der Waals surface area contributed by atoms with Gasteiger partial charge < -0.3 is 29.0 Å². The summed E-state index contributed by atoms with van der Waals surface area (Å²) in [6, 6.07) is 0. The first-order valence-corrected chi connectivity index (χ1v) is 10.7. The Bertz CT molecular complexity index is 776. The van der Waals surface area contributed by atoms with Crippen LogP contribution in [0.5, 0.6) is 0 Å². The Morgan fingerprint density at radius 3 is 2.15 bits per heavy atom. The molecule has 1 aliphatic carbocycles. The zero-order valence-corrected chi connectivity index (χ0v) is 20.2. The first-order valence-electron chi connectivity index (χ1n) is 10.7. The highest BCUT2D eigenvalue weighted by molar-refractivity contribution is 5.87. The fraction of sp³-hybridized carbons (Fsp3) is 0.522. The molecule has 0 spiro atoms. The van der Waals surface area contributed by atoms with E-state index in [2.05, 4.69) is 29.1 Å². The summed E-state index contributed by atoms with van der Waals surface area (Å²) in [4.78, 5) is 35.7. The van der Waals surface area contributed by atoms with Crippen molar-refractivity contribution in [3.8, 4) is 0 Å². The lowest BCUT2D eigenvalue weighted by atomic mass is 10.0. The van der Waals surface area contributed by atoms with Gasteiger partial charge in [0.05, 0.1) is 12.8 Å². The van der Waals surface area contributed by atoms with Gasteiger partial charge in [-0.2, -0.15) is 0 Å². The Morgan fingerprint density at radius 1 is 1.03 bits per heavy atom. The van der Waals surface area contributed by atoms with Crippen LogP contribution in [0.15, 0.2) is 47.8 Å². The second kappa shape index (κ2) is 15.6. The fourth-order valence-electron chi connectivity index (χ4n) is 2.55. The average Bonchev–Trinajstić information content (AvgIpc) is 2.80. The van der Waals surface area contributed by atoms with Gasteiger partial charge >= 0.3 is 18.0 Å². The number of allylic oxidation sites excluding steroid dienone is 1. The Morgan fingerprint density at radius 2 is 1.62 bits per heavy atom. The summed E-state index contributed by atoms with van der Waals surface area (Å²) < 4.78 is 26.7. The summed E-state index contributed by atoms with van der Waals surface area (Å²) in [5.74, 6) is -0.689. The van der Waals surface area contributed by atoms with E-state index in [1.54, 1.807) is 14.1 Å². The third kappa shape index (κ3) is 11.6.